The molecular weight excluding hydrogens is 334 g/mol. The molecule has 1 atom stereocenters. The van der Waals surface area contributed by atoms with Crippen molar-refractivity contribution in [3.8, 4) is 0 Å². The lowest BCUT2D eigenvalue weighted by Gasteiger charge is -2.41. The van der Waals surface area contributed by atoms with Gasteiger partial charge in [-0.1, -0.05) is 55.5 Å². The van der Waals surface area contributed by atoms with Gasteiger partial charge in [0.25, 0.3) is 5.56 Å². The van der Waals surface area contributed by atoms with Crippen molar-refractivity contribution in [3.63, 3.8) is 0 Å². The number of pyridine rings is 1. The Morgan fingerprint density at radius 2 is 1.78 bits per heavy atom. The van der Waals surface area contributed by atoms with E-state index >= 15 is 0 Å². The lowest BCUT2D eigenvalue weighted by molar-refractivity contribution is 0.0614. The van der Waals surface area contributed by atoms with Crippen LogP contribution in [0.5, 0.6) is 0 Å². The number of H-pyrrole nitrogens is 1. The maximum atomic E-state index is 12.3. The van der Waals surface area contributed by atoms with Gasteiger partial charge in [0.05, 0.1) is 0 Å². The Hall–Kier alpha value is -2.43. The minimum Gasteiger partial charge on any atom is -0.324 e. The molecule has 4 heteroatoms. The number of aromatic amines is 1. The van der Waals surface area contributed by atoms with Gasteiger partial charge in [-0.05, 0) is 29.5 Å². The van der Waals surface area contributed by atoms with Gasteiger partial charge in [-0.3, -0.25) is 14.6 Å². The molecule has 1 N–H and O–H groups in total. The maximum Gasteiger partial charge on any atom is 0.256 e. The van der Waals surface area contributed by atoms with Gasteiger partial charge in [-0.2, -0.15) is 0 Å². The van der Waals surface area contributed by atoms with E-state index in [2.05, 4.69) is 58.1 Å². The van der Waals surface area contributed by atoms with E-state index in [4.69, 9.17) is 0 Å². The smallest absolute Gasteiger partial charge is 0.256 e. The predicted molar refractivity (Wildman–Crippen MR) is 111 cm³/mol. The monoisotopic (exact) mass is 361 g/mol. The number of hydrogen-bond acceptors (Lipinski definition) is 3. The van der Waals surface area contributed by atoms with Crippen LogP contribution in [-0.2, 0) is 13.1 Å². The topological polar surface area (TPSA) is 39.3 Å². The Bertz CT molecular complexity index is 950. The molecule has 0 saturated carbocycles. The maximum absolute atomic E-state index is 12.3. The molecule has 27 heavy (non-hydrogen) atoms. The number of hydrogen-bond donors (Lipinski definition) is 1. The van der Waals surface area contributed by atoms with E-state index in [1.165, 1.54) is 5.56 Å². The molecule has 0 spiro atoms. The Morgan fingerprint density at radius 3 is 2.59 bits per heavy atom. The first-order valence-electron chi connectivity index (χ1n) is 9.84. The average molecular weight is 361 g/mol. The Kier molecular flexibility index (Phi) is 5.37. The molecule has 1 aliphatic heterocycles. The van der Waals surface area contributed by atoms with Gasteiger partial charge in [-0.15, -0.1) is 0 Å². The second-order valence-corrected chi connectivity index (χ2v) is 7.46. The first kappa shape index (κ1) is 18.0. The lowest BCUT2D eigenvalue weighted by Crippen LogP contribution is -2.52. The van der Waals surface area contributed by atoms with Gasteiger partial charge >= 0.3 is 0 Å². The highest BCUT2D eigenvalue weighted by atomic mass is 16.1. The van der Waals surface area contributed by atoms with Crippen LogP contribution in [0.4, 0.5) is 0 Å². The second kappa shape index (κ2) is 8.07. The Balaban J connectivity index is 1.45. The van der Waals surface area contributed by atoms with Crippen LogP contribution in [0.25, 0.3) is 10.8 Å². The first-order valence-corrected chi connectivity index (χ1v) is 9.84. The molecule has 1 aromatic heterocycles. The third-order valence-electron chi connectivity index (χ3n) is 5.59. The van der Waals surface area contributed by atoms with Crippen LogP contribution >= 0.6 is 0 Å². The number of aromatic nitrogens is 1. The fourth-order valence-electron chi connectivity index (χ4n) is 4.11. The van der Waals surface area contributed by atoms with E-state index in [0.717, 1.165) is 55.6 Å². The predicted octanol–water partition coefficient (Wildman–Crippen LogP) is 3.62. The quantitative estimate of drug-likeness (QED) is 0.754. The number of piperazine rings is 1. The molecule has 2 aromatic carbocycles. The van der Waals surface area contributed by atoms with Crippen molar-refractivity contribution in [2.24, 2.45) is 0 Å². The largest absolute Gasteiger partial charge is 0.324 e. The van der Waals surface area contributed by atoms with Crippen LogP contribution in [0.15, 0.2) is 65.5 Å². The number of nitrogens with one attached hydrogen (secondary N) is 1. The van der Waals surface area contributed by atoms with E-state index in [1.54, 1.807) is 0 Å². The van der Waals surface area contributed by atoms with Crippen molar-refractivity contribution in [2.75, 3.05) is 19.6 Å². The summed E-state index contributed by atoms with van der Waals surface area (Å²) in [4.78, 5) is 20.5. The van der Waals surface area contributed by atoms with Gasteiger partial charge in [0.15, 0.2) is 0 Å². The molecule has 1 unspecified atom stereocenters. The molecule has 2 heterocycles. The molecule has 4 nitrogen and oxygen atoms in total. The Morgan fingerprint density at radius 1 is 1.00 bits per heavy atom. The molecule has 0 radical (unpaired) electrons. The van der Waals surface area contributed by atoms with Crippen molar-refractivity contribution in [2.45, 2.75) is 32.5 Å². The third-order valence-corrected chi connectivity index (χ3v) is 5.59. The summed E-state index contributed by atoms with van der Waals surface area (Å²) in [7, 11) is 0. The molecule has 1 fully saturated rings. The van der Waals surface area contributed by atoms with Gasteiger partial charge < -0.3 is 4.98 Å². The third kappa shape index (κ3) is 4.12. The van der Waals surface area contributed by atoms with E-state index < -0.39 is 0 Å². The number of fused-ring (bicyclic) bond motifs is 1. The summed E-state index contributed by atoms with van der Waals surface area (Å²) >= 11 is 0. The van der Waals surface area contributed by atoms with Gasteiger partial charge in [0.1, 0.15) is 0 Å². The summed E-state index contributed by atoms with van der Waals surface area (Å²) in [5, 5.41) is 1.78. The number of rotatable bonds is 5. The molecule has 1 saturated heterocycles. The fourth-order valence-corrected chi connectivity index (χ4v) is 4.11. The van der Waals surface area contributed by atoms with Crippen LogP contribution < -0.4 is 5.56 Å². The van der Waals surface area contributed by atoms with Crippen molar-refractivity contribution < 1.29 is 0 Å². The van der Waals surface area contributed by atoms with Crippen LogP contribution in [0.1, 0.15) is 24.6 Å². The molecule has 0 amide bonds. The summed E-state index contributed by atoms with van der Waals surface area (Å²) in [6.07, 6.45) is 1.14. The van der Waals surface area contributed by atoms with Crippen LogP contribution in [0, 0.1) is 0 Å². The summed E-state index contributed by atoms with van der Waals surface area (Å²) in [5.74, 6) is 0. The van der Waals surface area contributed by atoms with E-state index in [-0.39, 0.29) is 5.56 Å². The summed E-state index contributed by atoms with van der Waals surface area (Å²) in [6, 6.07) is 21.2. The fraction of sp³-hybridized carbons (Fsp3) is 0.348. The first-order chi connectivity index (χ1) is 13.2. The minimum atomic E-state index is 0.0119. The molecule has 140 valence electrons. The zero-order valence-corrected chi connectivity index (χ0v) is 15.9. The molecule has 3 aromatic rings. The van der Waals surface area contributed by atoms with Crippen molar-refractivity contribution in [1.29, 1.82) is 0 Å². The van der Waals surface area contributed by atoms with Gasteiger partial charge in [0, 0.05) is 49.8 Å². The normalized spacial score (nSPS) is 18.8. The highest BCUT2D eigenvalue weighted by Gasteiger charge is 2.25. The lowest BCUT2D eigenvalue weighted by atomic mass is 10.1. The van der Waals surface area contributed by atoms with Crippen LogP contribution in [0.3, 0.4) is 0 Å². The van der Waals surface area contributed by atoms with E-state index in [9.17, 15) is 4.79 Å². The van der Waals surface area contributed by atoms with Crippen LogP contribution in [-0.4, -0.2) is 40.5 Å². The highest BCUT2D eigenvalue weighted by Crippen LogP contribution is 2.18. The molecule has 4 rings (SSSR count). The zero-order chi connectivity index (χ0) is 18.6. The number of nitrogens with zero attached hydrogens (tertiary/aromatic N) is 2. The number of benzene rings is 2. The summed E-state index contributed by atoms with van der Waals surface area (Å²) in [5.41, 5.74) is 2.39. The second-order valence-electron chi connectivity index (χ2n) is 7.46. The SMILES string of the molecule is CCC1CN(Cc2cc3ccccc3c(=O)[nH]2)CCN1Cc1ccccc1. The van der Waals surface area contributed by atoms with E-state index in [1.807, 2.05) is 24.3 Å². The van der Waals surface area contributed by atoms with E-state index in [0.29, 0.717) is 6.04 Å². The highest BCUT2D eigenvalue weighted by molar-refractivity contribution is 5.81. The molecular formula is C23H27N3O. The van der Waals surface area contributed by atoms with Gasteiger partial charge in [-0.25, -0.2) is 0 Å². The van der Waals surface area contributed by atoms with Crippen molar-refractivity contribution in [3.05, 3.63) is 82.3 Å². The summed E-state index contributed by atoms with van der Waals surface area (Å²) in [6.45, 7) is 7.21. The Labute approximate surface area is 160 Å². The van der Waals surface area contributed by atoms with Gasteiger partial charge in [0.2, 0.25) is 0 Å². The minimum absolute atomic E-state index is 0.0119. The zero-order valence-electron chi connectivity index (χ0n) is 15.9. The van der Waals surface area contributed by atoms with Crippen LogP contribution in [0.2, 0.25) is 0 Å². The summed E-state index contributed by atoms with van der Waals surface area (Å²) < 4.78 is 0. The molecule has 1 aliphatic rings. The molecule has 0 bridgehead atoms. The van der Waals surface area contributed by atoms with Crippen molar-refractivity contribution >= 4 is 10.8 Å². The van der Waals surface area contributed by atoms with Crippen molar-refractivity contribution in [1.82, 2.24) is 14.8 Å². The average Bonchev–Trinajstić information content (AvgIpc) is 2.70. The molecule has 0 aliphatic carbocycles. The standard InChI is InChI=1S/C23H27N3O/c1-2-21-17-25(12-13-26(21)15-18-8-4-3-5-9-18)16-20-14-19-10-6-7-11-22(19)23(27)24-20/h3-11,14,21H,2,12-13,15-17H2,1H3,(H,24,27).